The Morgan fingerprint density at radius 1 is 1.23 bits per heavy atom. The van der Waals surface area contributed by atoms with Gasteiger partial charge in [0.25, 0.3) is 5.91 Å². The van der Waals surface area contributed by atoms with Crippen molar-refractivity contribution in [2.24, 2.45) is 5.92 Å². The van der Waals surface area contributed by atoms with E-state index in [-0.39, 0.29) is 30.7 Å². The first-order valence-corrected chi connectivity index (χ1v) is 11.1. The highest BCUT2D eigenvalue weighted by Gasteiger charge is 2.41. The molecule has 0 saturated carbocycles. The van der Waals surface area contributed by atoms with Gasteiger partial charge in [0.2, 0.25) is 11.8 Å². The summed E-state index contributed by atoms with van der Waals surface area (Å²) in [6.45, 7) is 4.60. The Morgan fingerprint density at radius 2 is 2.00 bits per heavy atom. The van der Waals surface area contributed by atoms with E-state index in [0.717, 1.165) is 25.9 Å². The molecule has 1 aromatic rings. The summed E-state index contributed by atoms with van der Waals surface area (Å²) in [6, 6.07) is 5.17. The maximum Gasteiger partial charge on any atom is 0.255 e. The second-order valence-electron chi connectivity index (χ2n) is 8.96. The Hall–Kier alpha value is -2.77. The minimum Gasteiger partial charge on any atom is -0.497 e. The molecule has 1 unspecified atom stereocenters. The van der Waals surface area contributed by atoms with E-state index < -0.39 is 5.60 Å². The SMILES string of the molecule is COc1ccc2c(c1)C(=O)NCC1(CCC(=O)N(CC(=O)N3CCC(C)CC3)CC1)O2. The van der Waals surface area contributed by atoms with Crippen molar-refractivity contribution in [2.75, 3.05) is 39.8 Å². The lowest BCUT2D eigenvalue weighted by atomic mass is 9.94. The van der Waals surface area contributed by atoms with Crippen LogP contribution < -0.4 is 14.8 Å². The summed E-state index contributed by atoms with van der Waals surface area (Å²) in [5.41, 5.74) is -0.248. The number of nitrogens with zero attached hydrogens (tertiary/aromatic N) is 2. The predicted molar refractivity (Wildman–Crippen MR) is 114 cm³/mol. The highest BCUT2D eigenvalue weighted by molar-refractivity contribution is 5.97. The first kappa shape index (κ1) is 21.5. The molecule has 1 atom stereocenters. The van der Waals surface area contributed by atoms with Crippen molar-refractivity contribution < 1.29 is 23.9 Å². The fourth-order valence-electron chi connectivity index (χ4n) is 4.56. The summed E-state index contributed by atoms with van der Waals surface area (Å²) in [5, 5.41) is 2.94. The van der Waals surface area contributed by atoms with E-state index in [1.807, 2.05) is 4.90 Å². The molecule has 0 radical (unpaired) electrons. The predicted octanol–water partition coefficient (Wildman–Crippen LogP) is 1.83. The number of piperidine rings is 1. The molecule has 4 rings (SSSR count). The lowest BCUT2D eigenvalue weighted by molar-refractivity contribution is -0.141. The number of nitrogens with one attached hydrogen (secondary N) is 1. The van der Waals surface area contributed by atoms with Gasteiger partial charge in [-0.1, -0.05) is 6.92 Å². The molecule has 31 heavy (non-hydrogen) atoms. The summed E-state index contributed by atoms with van der Waals surface area (Å²) in [5.74, 6) is 1.49. The molecule has 3 aliphatic rings. The average Bonchev–Trinajstić information content (AvgIpc) is 3.01. The van der Waals surface area contributed by atoms with Crippen LogP contribution in [0.3, 0.4) is 0 Å². The number of benzene rings is 1. The molecule has 3 aliphatic heterocycles. The quantitative estimate of drug-likeness (QED) is 0.792. The van der Waals surface area contributed by atoms with Crippen molar-refractivity contribution in [3.8, 4) is 11.5 Å². The van der Waals surface area contributed by atoms with Gasteiger partial charge in [-0.05, 0) is 43.4 Å². The summed E-state index contributed by atoms with van der Waals surface area (Å²) in [7, 11) is 1.55. The molecule has 3 heterocycles. The Morgan fingerprint density at radius 3 is 2.74 bits per heavy atom. The molecule has 0 aromatic heterocycles. The summed E-state index contributed by atoms with van der Waals surface area (Å²) in [4.78, 5) is 41.6. The van der Waals surface area contributed by atoms with Crippen LogP contribution in [0, 0.1) is 5.92 Å². The Balaban J connectivity index is 1.45. The van der Waals surface area contributed by atoms with Crippen LogP contribution in [0.15, 0.2) is 18.2 Å². The van der Waals surface area contributed by atoms with Gasteiger partial charge in [-0.3, -0.25) is 14.4 Å². The molecular weight excluding hydrogens is 398 g/mol. The van der Waals surface area contributed by atoms with Gasteiger partial charge in [0.05, 0.1) is 25.8 Å². The van der Waals surface area contributed by atoms with E-state index in [0.29, 0.717) is 48.9 Å². The topological polar surface area (TPSA) is 88.2 Å². The van der Waals surface area contributed by atoms with Gasteiger partial charge in [0, 0.05) is 32.5 Å². The van der Waals surface area contributed by atoms with Crippen molar-refractivity contribution in [1.82, 2.24) is 15.1 Å². The highest BCUT2D eigenvalue weighted by atomic mass is 16.5. The van der Waals surface area contributed by atoms with E-state index in [9.17, 15) is 14.4 Å². The largest absolute Gasteiger partial charge is 0.497 e. The van der Waals surface area contributed by atoms with Gasteiger partial charge in [0.1, 0.15) is 17.1 Å². The number of rotatable bonds is 3. The molecular formula is C23H31N3O5. The van der Waals surface area contributed by atoms with Crippen LogP contribution in [-0.4, -0.2) is 73.0 Å². The molecule has 1 aromatic carbocycles. The third-order valence-corrected chi connectivity index (χ3v) is 6.78. The second-order valence-corrected chi connectivity index (χ2v) is 8.96. The third-order valence-electron chi connectivity index (χ3n) is 6.78. The number of hydrogen-bond donors (Lipinski definition) is 1. The second kappa shape index (κ2) is 8.77. The smallest absolute Gasteiger partial charge is 0.255 e. The average molecular weight is 430 g/mol. The molecule has 2 saturated heterocycles. The molecule has 2 fully saturated rings. The Bertz CT molecular complexity index is 865. The zero-order valence-electron chi connectivity index (χ0n) is 18.3. The first-order chi connectivity index (χ1) is 14.9. The van der Waals surface area contributed by atoms with Gasteiger partial charge in [-0.15, -0.1) is 0 Å². The zero-order valence-corrected chi connectivity index (χ0v) is 18.3. The van der Waals surface area contributed by atoms with Crippen LogP contribution in [0.4, 0.5) is 0 Å². The number of hydrogen-bond acceptors (Lipinski definition) is 5. The highest BCUT2D eigenvalue weighted by Crippen LogP contribution is 2.35. The molecule has 3 amide bonds. The number of fused-ring (bicyclic) bond motifs is 1. The summed E-state index contributed by atoms with van der Waals surface area (Å²) >= 11 is 0. The molecule has 0 bridgehead atoms. The minimum atomic E-state index is -0.677. The number of likely N-dealkylation sites (tertiary alicyclic amines) is 2. The van der Waals surface area contributed by atoms with Crippen molar-refractivity contribution in [2.45, 2.75) is 44.6 Å². The number of carbonyl (C=O) groups is 3. The first-order valence-electron chi connectivity index (χ1n) is 11.1. The Kier molecular flexibility index (Phi) is 6.07. The molecule has 0 aliphatic carbocycles. The monoisotopic (exact) mass is 429 g/mol. The van der Waals surface area contributed by atoms with Crippen molar-refractivity contribution in [3.05, 3.63) is 23.8 Å². The zero-order chi connectivity index (χ0) is 22.0. The summed E-state index contributed by atoms with van der Waals surface area (Å²) < 4.78 is 11.6. The van der Waals surface area contributed by atoms with E-state index in [4.69, 9.17) is 9.47 Å². The molecule has 168 valence electrons. The van der Waals surface area contributed by atoms with E-state index in [1.54, 1.807) is 30.2 Å². The van der Waals surface area contributed by atoms with E-state index >= 15 is 0 Å². The molecule has 8 nitrogen and oxygen atoms in total. The third kappa shape index (κ3) is 4.62. The standard InChI is InChI=1S/C23H31N3O5/c1-16-6-10-25(11-7-16)21(28)14-26-12-9-23(8-5-20(26)27)15-24-22(29)18-13-17(30-2)3-4-19(18)31-23/h3-4,13,16H,5-12,14-15H2,1-2H3,(H,24,29). The van der Waals surface area contributed by atoms with Crippen LogP contribution in [0.1, 0.15) is 49.4 Å². The van der Waals surface area contributed by atoms with Crippen LogP contribution in [-0.2, 0) is 9.59 Å². The van der Waals surface area contributed by atoms with Gasteiger partial charge in [0.15, 0.2) is 0 Å². The maximum atomic E-state index is 12.8. The maximum absolute atomic E-state index is 12.8. The fourth-order valence-corrected chi connectivity index (χ4v) is 4.56. The summed E-state index contributed by atoms with van der Waals surface area (Å²) in [6.07, 6.45) is 3.35. The molecule has 1 N–H and O–H groups in total. The van der Waals surface area contributed by atoms with Crippen molar-refractivity contribution in [1.29, 1.82) is 0 Å². The van der Waals surface area contributed by atoms with E-state index in [1.165, 1.54) is 0 Å². The minimum absolute atomic E-state index is 0.0173. The number of carbonyl (C=O) groups excluding carboxylic acids is 3. The van der Waals surface area contributed by atoms with Crippen LogP contribution in [0.5, 0.6) is 11.5 Å². The van der Waals surface area contributed by atoms with Gasteiger partial charge in [-0.2, -0.15) is 0 Å². The van der Waals surface area contributed by atoms with Crippen LogP contribution >= 0.6 is 0 Å². The lowest BCUT2D eigenvalue weighted by Gasteiger charge is -2.33. The van der Waals surface area contributed by atoms with Gasteiger partial charge in [-0.25, -0.2) is 0 Å². The fraction of sp³-hybridized carbons (Fsp3) is 0.609. The van der Waals surface area contributed by atoms with Crippen LogP contribution in [0.25, 0.3) is 0 Å². The Labute approximate surface area is 182 Å². The van der Waals surface area contributed by atoms with Crippen molar-refractivity contribution in [3.63, 3.8) is 0 Å². The molecule has 1 spiro atoms. The van der Waals surface area contributed by atoms with Gasteiger partial charge >= 0.3 is 0 Å². The van der Waals surface area contributed by atoms with Crippen molar-refractivity contribution >= 4 is 17.7 Å². The lowest BCUT2D eigenvalue weighted by Crippen LogP contribution is -2.47. The molecule has 8 heteroatoms. The van der Waals surface area contributed by atoms with E-state index in [2.05, 4.69) is 12.2 Å². The van der Waals surface area contributed by atoms with Gasteiger partial charge < -0.3 is 24.6 Å². The number of ether oxygens (including phenoxy) is 2. The number of methoxy groups -OCH3 is 1. The van der Waals surface area contributed by atoms with Crippen LogP contribution in [0.2, 0.25) is 0 Å². The normalized spacial score (nSPS) is 24.7. The number of amides is 3.